The molecule has 2 rings (SSSR count). The third kappa shape index (κ3) is 4.72. The molecular weight excluding hydrogens is 310 g/mol. The van der Waals surface area contributed by atoms with Gasteiger partial charge in [-0.2, -0.15) is 0 Å². The second kappa shape index (κ2) is 9.30. The summed E-state index contributed by atoms with van der Waals surface area (Å²) in [5.74, 6) is 1.22. The lowest BCUT2D eigenvalue weighted by Crippen LogP contribution is -2.22. The summed E-state index contributed by atoms with van der Waals surface area (Å²) in [6, 6.07) is 3.65. The summed E-state index contributed by atoms with van der Waals surface area (Å²) in [5, 5.41) is 2.77. The number of rotatable bonds is 8. The molecule has 1 aromatic rings. The molecule has 0 saturated heterocycles. The van der Waals surface area contributed by atoms with E-state index >= 15 is 0 Å². The van der Waals surface area contributed by atoms with Crippen molar-refractivity contribution >= 4 is 5.91 Å². The van der Waals surface area contributed by atoms with Crippen molar-refractivity contribution in [3.8, 4) is 11.5 Å². The molecule has 1 unspecified atom stereocenters. The fourth-order valence-electron chi connectivity index (χ4n) is 2.49. The van der Waals surface area contributed by atoms with Gasteiger partial charge in [-0.3, -0.25) is 4.79 Å². The lowest BCUT2D eigenvalue weighted by molar-refractivity contribution is 0.0966. The van der Waals surface area contributed by atoms with E-state index in [4.69, 9.17) is 18.9 Å². The highest BCUT2D eigenvalue weighted by Crippen LogP contribution is 2.36. The van der Waals surface area contributed by atoms with Gasteiger partial charge in [-0.15, -0.1) is 0 Å². The molecule has 0 aromatic heterocycles. The monoisotopic (exact) mass is 335 g/mol. The molecule has 1 N–H and O–H groups in total. The van der Waals surface area contributed by atoms with Crippen molar-refractivity contribution < 1.29 is 23.7 Å². The maximum Gasteiger partial charge on any atom is 0.255 e. The third-order valence-electron chi connectivity index (χ3n) is 3.80. The molecule has 0 saturated carbocycles. The van der Waals surface area contributed by atoms with Gasteiger partial charge in [-0.25, -0.2) is 0 Å². The summed E-state index contributed by atoms with van der Waals surface area (Å²) in [7, 11) is 3.24. The van der Waals surface area contributed by atoms with E-state index in [9.17, 15) is 4.79 Å². The lowest BCUT2D eigenvalue weighted by Gasteiger charge is -2.21. The second-order valence-corrected chi connectivity index (χ2v) is 5.58. The minimum atomic E-state index is -0.146. The number of ether oxygens (including phenoxy) is 4. The van der Waals surface area contributed by atoms with E-state index in [0.717, 1.165) is 12.0 Å². The van der Waals surface area contributed by atoms with Gasteiger partial charge in [0.25, 0.3) is 5.91 Å². The Balaban J connectivity index is 2.34. The number of carbonyl (C=O) groups excluding carboxylic acids is 1. The highest BCUT2D eigenvalue weighted by Gasteiger charge is 2.21. The standard InChI is InChI=1S/C18H25NO5/c1-13-5-4-6-19-18(20)15-12-17(24-10-8-22-3)16(11-14(13)15)23-9-7-21-2/h4,6,11-13H,5,7-10H2,1-3H3,(H,19,20). The number of allylic oxidation sites excluding steroid dienone is 1. The molecule has 6 nitrogen and oxygen atoms in total. The lowest BCUT2D eigenvalue weighted by atomic mass is 9.91. The van der Waals surface area contributed by atoms with E-state index in [1.54, 1.807) is 26.5 Å². The Morgan fingerprint density at radius 3 is 2.29 bits per heavy atom. The number of methoxy groups -OCH3 is 2. The molecule has 132 valence electrons. The minimum Gasteiger partial charge on any atom is -0.487 e. The molecule has 24 heavy (non-hydrogen) atoms. The maximum absolute atomic E-state index is 12.4. The molecule has 0 spiro atoms. The molecule has 0 bridgehead atoms. The quantitative estimate of drug-likeness (QED) is 0.740. The van der Waals surface area contributed by atoms with Gasteiger partial charge >= 0.3 is 0 Å². The van der Waals surface area contributed by atoms with E-state index in [-0.39, 0.29) is 11.8 Å². The van der Waals surface area contributed by atoms with Crippen LogP contribution in [0.3, 0.4) is 0 Å². The van der Waals surface area contributed by atoms with Crippen LogP contribution >= 0.6 is 0 Å². The van der Waals surface area contributed by atoms with Gasteiger partial charge in [0.2, 0.25) is 0 Å². The smallest absolute Gasteiger partial charge is 0.255 e. The maximum atomic E-state index is 12.4. The van der Waals surface area contributed by atoms with Crippen molar-refractivity contribution in [2.24, 2.45) is 0 Å². The Bertz CT molecular complexity index is 585. The fourth-order valence-corrected chi connectivity index (χ4v) is 2.49. The van der Waals surface area contributed by atoms with Gasteiger partial charge in [-0.05, 0) is 30.0 Å². The van der Waals surface area contributed by atoms with Crippen LogP contribution in [-0.4, -0.2) is 46.6 Å². The van der Waals surface area contributed by atoms with Crippen molar-refractivity contribution in [3.63, 3.8) is 0 Å². The molecule has 0 fully saturated rings. The zero-order chi connectivity index (χ0) is 17.4. The van der Waals surface area contributed by atoms with Crippen molar-refractivity contribution in [2.75, 3.05) is 40.6 Å². The molecular formula is C18H25NO5. The predicted molar refractivity (Wildman–Crippen MR) is 90.8 cm³/mol. The number of hydrogen-bond donors (Lipinski definition) is 1. The number of fused-ring (bicyclic) bond motifs is 1. The van der Waals surface area contributed by atoms with Crippen molar-refractivity contribution in [1.29, 1.82) is 0 Å². The molecule has 1 amide bonds. The predicted octanol–water partition coefficient (Wildman–Crippen LogP) is 2.49. The summed E-state index contributed by atoms with van der Waals surface area (Å²) in [5.41, 5.74) is 1.56. The van der Waals surface area contributed by atoms with Crippen LogP contribution in [-0.2, 0) is 9.47 Å². The Labute approximate surface area is 142 Å². The second-order valence-electron chi connectivity index (χ2n) is 5.58. The summed E-state index contributed by atoms with van der Waals surface area (Å²) in [4.78, 5) is 12.4. The summed E-state index contributed by atoms with van der Waals surface area (Å²) < 4.78 is 21.6. The first-order valence-corrected chi connectivity index (χ1v) is 8.04. The summed E-state index contributed by atoms with van der Waals surface area (Å²) in [6.45, 7) is 3.82. The Kier molecular flexibility index (Phi) is 7.08. The first-order chi connectivity index (χ1) is 11.7. The van der Waals surface area contributed by atoms with Crippen LogP contribution in [0, 0.1) is 0 Å². The van der Waals surface area contributed by atoms with Crippen molar-refractivity contribution in [3.05, 3.63) is 35.5 Å². The summed E-state index contributed by atoms with van der Waals surface area (Å²) >= 11 is 0. The van der Waals surface area contributed by atoms with Crippen LogP contribution < -0.4 is 14.8 Å². The normalized spacial score (nSPS) is 16.8. The number of nitrogens with one attached hydrogen (secondary N) is 1. The van der Waals surface area contributed by atoms with E-state index < -0.39 is 0 Å². The molecule has 1 aliphatic heterocycles. The highest BCUT2D eigenvalue weighted by atomic mass is 16.5. The van der Waals surface area contributed by atoms with E-state index in [2.05, 4.69) is 12.2 Å². The van der Waals surface area contributed by atoms with E-state index in [0.29, 0.717) is 43.5 Å². The topological polar surface area (TPSA) is 66.0 Å². The zero-order valence-electron chi connectivity index (χ0n) is 14.5. The Morgan fingerprint density at radius 2 is 1.67 bits per heavy atom. The average Bonchev–Trinajstić information content (AvgIpc) is 2.58. The first kappa shape index (κ1) is 18.3. The van der Waals surface area contributed by atoms with Gasteiger partial charge < -0.3 is 24.3 Å². The molecule has 1 aromatic carbocycles. The molecule has 1 atom stereocenters. The zero-order valence-corrected chi connectivity index (χ0v) is 14.5. The van der Waals surface area contributed by atoms with Crippen LogP contribution in [0.4, 0.5) is 0 Å². The molecule has 1 aliphatic rings. The third-order valence-corrected chi connectivity index (χ3v) is 3.80. The van der Waals surface area contributed by atoms with Crippen molar-refractivity contribution in [2.45, 2.75) is 19.3 Å². The number of amides is 1. The minimum absolute atomic E-state index is 0.146. The average molecular weight is 335 g/mol. The van der Waals surface area contributed by atoms with Crippen LogP contribution in [0.15, 0.2) is 24.4 Å². The molecule has 0 radical (unpaired) electrons. The van der Waals surface area contributed by atoms with Crippen LogP contribution in [0.25, 0.3) is 0 Å². The molecule has 0 aliphatic carbocycles. The van der Waals surface area contributed by atoms with Crippen molar-refractivity contribution in [1.82, 2.24) is 5.32 Å². The van der Waals surface area contributed by atoms with Gasteiger partial charge in [-0.1, -0.05) is 13.0 Å². The van der Waals surface area contributed by atoms with Gasteiger partial charge in [0.1, 0.15) is 13.2 Å². The fraction of sp³-hybridized carbons (Fsp3) is 0.500. The van der Waals surface area contributed by atoms with Crippen LogP contribution in [0.5, 0.6) is 11.5 Å². The molecule has 1 heterocycles. The Morgan fingerprint density at radius 1 is 1.04 bits per heavy atom. The van der Waals surface area contributed by atoms with E-state index in [1.807, 2.05) is 12.1 Å². The first-order valence-electron chi connectivity index (χ1n) is 8.04. The SMILES string of the molecule is COCCOc1cc2c(cc1OCCOC)C(C)CC=CNC2=O. The van der Waals surface area contributed by atoms with Gasteiger partial charge in [0.05, 0.1) is 13.2 Å². The summed E-state index contributed by atoms with van der Waals surface area (Å²) in [6.07, 6.45) is 4.49. The number of carbonyl (C=O) groups is 1. The van der Waals surface area contributed by atoms with Gasteiger partial charge in [0.15, 0.2) is 11.5 Å². The highest BCUT2D eigenvalue weighted by molar-refractivity contribution is 5.97. The largest absolute Gasteiger partial charge is 0.487 e. The number of hydrogen-bond acceptors (Lipinski definition) is 5. The van der Waals surface area contributed by atoms with Gasteiger partial charge in [0, 0.05) is 26.0 Å². The van der Waals surface area contributed by atoms with E-state index in [1.165, 1.54) is 0 Å². The van der Waals surface area contributed by atoms with Crippen LogP contribution in [0.1, 0.15) is 35.2 Å². The number of benzene rings is 1. The van der Waals surface area contributed by atoms with Crippen LogP contribution in [0.2, 0.25) is 0 Å². The Hall–Kier alpha value is -2.05. The molecule has 6 heteroatoms.